The molecule has 0 aliphatic carbocycles. The lowest BCUT2D eigenvalue weighted by atomic mass is 9.96. The highest BCUT2D eigenvalue weighted by Crippen LogP contribution is 2.34. The summed E-state index contributed by atoms with van der Waals surface area (Å²) in [6.45, 7) is -14.2. The van der Waals surface area contributed by atoms with Crippen molar-refractivity contribution in [2.75, 3.05) is 33.1 Å². The topological polar surface area (TPSA) is 54.8 Å². The van der Waals surface area contributed by atoms with Gasteiger partial charge in [-0.1, -0.05) is 60.7 Å². The minimum atomic E-state index is -4.66. The highest BCUT2D eigenvalue weighted by Gasteiger charge is 2.33. The number of hydrogen-bond acceptors (Lipinski definition) is 5. The zero-order valence-electron chi connectivity index (χ0n) is 42.7. The van der Waals surface area contributed by atoms with Gasteiger partial charge in [-0.2, -0.15) is 13.2 Å². The lowest BCUT2D eigenvalue weighted by molar-refractivity contribution is -0.138. The van der Waals surface area contributed by atoms with E-state index >= 15 is 4.79 Å². The van der Waals surface area contributed by atoms with Crippen molar-refractivity contribution in [3.63, 3.8) is 0 Å². The summed E-state index contributed by atoms with van der Waals surface area (Å²) in [5.41, 5.74) is -1.70. The van der Waals surface area contributed by atoms with E-state index in [2.05, 4.69) is 4.74 Å². The quantitative estimate of drug-likeness (QED) is 0.0939. The first-order valence-electron chi connectivity index (χ1n) is 23.3. The molecule has 1 aromatic heterocycles. The average Bonchev–Trinajstić information content (AvgIpc) is 3.23. The molecule has 2 heterocycles. The Morgan fingerprint density at radius 2 is 1.72 bits per heavy atom. The number of para-hydroxylation sites is 1. The Kier molecular flexibility index (Phi) is 7.32. The molecule has 1 atom stereocenters. The van der Waals surface area contributed by atoms with E-state index in [1.807, 2.05) is 0 Å². The van der Waals surface area contributed by atoms with Crippen LogP contribution in [0.1, 0.15) is 62.9 Å². The molecule has 0 N–H and O–H groups in total. The Bertz CT molecular complexity index is 2750. The van der Waals surface area contributed by atoms with Gasteiger partial charge in [0.15, 0.2) is 17.1 Å². The Morgan fingerprint density at radius 1 is 1.04 bits per heavy atom. The van der Waals surface area contributed by atoms with E-state index in [0.717, 1.165) is 60.0 Å². The molecular formula is C41H40F5N3O3S. The molecule has 1 aliphatic heterocycles. The third-order valence-corrected chi connectivity index (χ3v) is 9.29. The number of benzene rings is 4. The maximum atomic E-state index is 15.4. The first kappa shape index (κ1) is 23.3. The fourth-order valence-corrected chi connectivity index (χ4v) is 6.57. The number of carbonyl (C=O) groups excluding carboxylic acids is 1. The molecule has 0 spiro atoms. The minimum absolute atomic E-state index is 0.0314. The van der Waals surface area contributed by atoms with Gasteiger partial charge < -0.3 is 19.1 Å². The van der Waals surface area contributed by atoms with Crippen LogP contribution in [0.3, 0.4) is 0 Å². The number of ether oxygens (including phenoxy) is 1. The Balaban J connectivity index is 1.57. The first-order chi connectivity index (χ1) is 31.1. The molecule has 1 unspecified atom stereocenters. The highest BCUT2D eigenvalue weighted by atomic mass is 32.2. The molecule has 0 bridgehead atoms. The SMILES string of the molecule is [2H]C([2H])([2H])OCC([2H])([2H])N1C([2H])([2H])C([2H])([2H])C([2H])(N(C(=O)Cn2c(SCc3cccc(F)c3F)cc(=O)c3ccccc32)C([2H])(C)c2ccc(-c3ccc(C(F)(F)F)cc3)cc2)C([2H])([2H])C1([2H])[2H]. The number of alkyl halides is 3. The number of methoxy groups -OCH3 is 1. The van der Waals surface area contributed by atoms with E-state index in [9.17, 15) is 35.0 Å². The molecule has 53 heavy (non-hydrogen) atoms. The number of thioether (sulfide) groups is 1. The molecule has 5 aromatic rings. The summed E-state index contributed by atoms with van der Waals surface area (Å²) in [5, 5.41) is -0.166. The summed E-state index contributed by atoms with van der Waals surface area (Å²) in [7, 11) is -3.37. The van der Waals surface area contributed by atoms with Crippen LogP contribution in [-0.2, 0) is 28.0 Å². The van der Waals surface area contributed by atoms with E-state index < -0.39 is 104 Å². The van der Waals surface area contributed by atoms with E-state index in [1.165, 1.54) is 48.5 Å². The third-order valence-electron chi connectivity index (χ3n) is 8.21. The summed E-state index contributed by atoms with van der Waals surface area (Å²) in [6, 6.07) is 11.4. The van der Waals surface area contributed by atoms with Crippen molar-refractivity contribution in [3.05, 3.63) is 136 Å². The molecule has 1 fully saturated rings. The number of likely N-dealkylation sites (tertiary alicyclic amines) is 1. The molecule has 1 amide bonds. The lowest BCUT2D eigenvalue weighted by Gasteiger charge is -2.42. The van der Waals surface area contributed by atoms with Gasteiger partial charge in [-0.05, 0) is 66.7 Å². The van der Waals surface area contributed by atoms with Crippen LogP contribution in [0.25, 0.3) is 22.0 Å². The summed E-state index contributed by atoms with van der Waals surface area (Å²) in [5.74, 6) is -4.38. The zero-order valence-corrected chi connectivity index (χ0v) is 28.5. The van der Waals surface area contributed by atoms with Gasteiger partial charge in [-0.25, -0.2) is 8.78 Å². The van der Waals surface area contributed by atoms with E-state index in [4.69, 9.17) is 12.3 Å². The number of nitrogens with zero attached hydrogens (tertiary/aromatic N) is 3. The van der Waals surface area contributed by atoms with Gasteiger partial charge in [0.05, 0.1) is 35.6 Å². The minimum Gasteiger partial charge on any atom is -0.383 e. The van der Waals surface area contributed by atoms with Crippen LogP contribution in [-0.4, -0.2) is 59.4 Å². The van der Waals surface area contributed by atoms with Gasteiger partial charge >= 0.3 is 6.18 Å². The second-order valence-electron chi connectivity index (χ2n) is 11.5. The van der Waals surface area contributed by atoms with Crippen molar-refractivity contribution in [1.29, 1.82) is 0 Å². The normalized spacial score (nSPS) is 24.5. The molecule has 6 nitrogen and oxygen atoms in total. The molecular weight excluding hydrogens is 710 g/mol. The van der Waals surface area contributed by atoms with Gasteiger partial charge in [0.1, 0.15) is 6.54 Å². The van der Waals surface area contributed by atoms with E-state index in [0.29, 0.717) is 11.8 Å². The standard InChI is InChI=1S/C41H40F5N3O3S/c1-27(28-10-12-29(13-11-28)30-14-16-32(17-15-30)41(44,45)46)49(33-18-20-47(21-19-33)22-23-52-2)38(51)25-48-36-9-4-3-7-34(36)37(50)24-39(48)53-26-31-6-5-8-35(42)40(31)43/h3-17,24,27,33H,18-23,25-26H2,1-2H3/i2D3,18D2,19D2,20D2,21D2,22D2,27D,33D. The highest BCUT2D eigenvalue weighted by molar-refractivity contribution is 7.98. The smallest absolute Gasteiger partial charge is 0.383 e. The van der Waals surface area contributed by atoms with Crippen LogP contribution in [0.15, 0.2) is 107 Å². The molecule has 278 valence electrons. The first-order valence-corrected chi connectivity index (χ1v) is 16.8. The van der Waals surface area contributed by atoms with Gasteiger partial charge in [-0.3, -0.25) is 9.59 Å². The molecule has 1 aliphatic rings. The largest absolute Gasteiger partial charge is 0.416 e. The number of rotatable bonds is 12. The summed E-state index contributed by atoms with van der Waals surface area (Å²) >= 11 is 0.715. The summed E-state index contributed by atoms with van der Waals surface area (Å²) in [6.07, 6.45) is -13.3. The Labute approximate surface area is 330 Å². The second-order valence-corrected chi connectivity index (χ2v) is 12.5. The van der Waals surface area contributed by atoms with Crippen LogP contribution in [0, 0.1) is 11.6 Å². The number of piperidine rings is 1. The van der Waals surface area contributed by atoms with Crippen LogP contribution in [0.2, 0.25) is 0 Å². The Hall–Kier alpha value is -4.52. The van der Waals surface area contributed by atoms with Crippen molar-refractivity contribution in [2.45, 2.75) is 55.2 Å². The van der Waals surface area contributed by atoms with Crippen LogP contribution in [0.4, 0.5) is 22.0 Å². The fourth-order valence-electron chi connectivity index (χ4n) is 5.53. The Morgan fingerprint density at radius 3 is 2.40 bits per heavy atom. The number of amides is 1. The van der Waals surface area contributed by atoms with Crippen LogP contribution >= 0.6 is 11.8 Å². The van der Waals surface area contributed by atoms with Crippen molar-refractivity contribution in [1.82, 2.24) is 14.4 Å². The van der Waals surface area contributed by atoms with Gasteiger partial charge in [0.25, 0.3) is 0 Å². The lowest BCUT2D eigenvalue weighted by Crippen LogP contribution is -2.49. The van der Waals surface area contributed by atoms with E-state index in [-0.39, 0.29) is 48.8 Å². The maximum Gasteiger partial charge on any atom is 0.416 e. The summed E-state index contributed by atoms with van der Waals surface area (Å²) in [4.78, 5) is 28.2. The number of pyridine rings is 1. The summed E-state index contributed by atoms with van der Waals surface area (Å²) < 4.78 is 207. The maximum absolute atomic E-state index is 15.4. The second kappa shape index (κ2) is 16.7. The molecule has 6 rings (SSSR count). The van der Waals surface area contributed by atoms with Crippen LogP contribution < -0.4 is 5.43 Å². The van der Waals surface area contributed by atoms with E-state index in [1.54, 1.807) is 0 Å². The van der Waals surface area contributed by atoms with Crippen LogP contribution in [0.5, 0.6) is 0 Å². The monoisotopic (exact) mass is 764 g/mol. The number of carbonyl (C=O) groups is 1. The third kappa shape index (κ3) is 8.83. The fraction of sp³-hybridized carbons (Fsp3) is 0.317. The molecule has 1 saturated heterocycles. The average molecular weight is 765 g/mol. The predicted molar refractivity (Wildman–Crippen MR) is 198 cm³/mol. The van der Waals surface area contributed by atoms with Crippen molar-refractivity contribution >= 4 is 28.6 Å². The number of aromatic nitrogens is 1. The molecule has 0 radical (unpaired) electrons. The zero-order chi connectivity index (χ0) is 51.0. The number of fused-ring (bicyclic) bond motifs is 1. The van der Waals surface area contributed by atoms with Gasteiger partial charge in [0.2, 0.25) is 5.91 Å². The van der Waals surface area contributed by atoms with Gasteiger partial charge in [0, 0.05) is 69.0 Å². The number of halogens is 5. The molecule has 4 aromatic carbocycles. The van der Waals surface area contributed by atoms with Crippen molar-refractivity contribution in [3.8, 4) is 11.1 Å². The van der Waals surface area contributed by atoms with Crippen molar-refractivity contribution in [2.24, 2.45) is 0 Å². The number of hydrogen-bond donors (Lipinski definition) is 0. The van der Waals surface area contributed by atoms with Gasteiger partial charge in [-0.15, -0.1) is 11.8 Å². The predicted octanol–water partition coefficient (Wildman–Crippen LogP) is 8.96. The molecule has 12 heteroatoms. The van der Waals surface area contributed by atoms with Crippen molar-refractivity contribution < 1.29 is 52.0 Å². The molecule has 0 saturated carbocycles.